The summed E-state index contributed by atoms with van der Waals surface area (Å²) in [4.78, 5) is 0. The van der Waals surface area contributed by atoms with Crippen molar-refractivity contribution in [2.75, 3.05) is 0 Å². The maximum absolute atomic E-state index is 6.22. The minimum atomic E-state index is 0.801. The van der Waals surface area contributed by atoms with Crippen LogP contribution in [0, 0.1) is 0 Å². The Balaban J connectivity index is 2.01. The fourth-order valence-corrected chi connectivity index (χ4v) is 2.34. The summed E-state index contributed by atoms with van der Waals surface area (Å²) in [5.41, 5.74) is 1.29. The molecule has 0 spiro atoms. The van der Waals surface area contributed by atoms with Gasteiger partial charge in [0, 0.05) is 11.6 Å². The molecule has 0 radical (unpaired) electrons. The van der Waals surface area contributed by atoms with E-state index in [1.807, 2.05) is 18.2 Å². The molecular formula is C16H13ClN+. The van der Waals surface area contributed by atoms with Crippen molar-refractivity contribution in [3.63, 3.8) is 0 Å². The molecule has 0 saturated heterocycles. The van der Waals surface area contributed by atoms with E-state index in [1.54, 1.807) is 0 Å². The van der Waals surface area contributed by atoms with Crippen LogP contribution < -0.4 is 4.57 Å². The molecule has 1 heterocycles. The number of rotatable bonds is 2. The molecule has 88 valence electrons. The van der Waals surface area contributed by atoms with Crippen LogP contribution in [0.2, 0.25) is 5.02 Å². The number of fused-ring (bicyclic) bond motifs is 1. The van der Waals surface area contributed by atoms with E-state index in [0.717, 1.165) is 17.0 Å². The highest BCUT2D eigenvalue weighted by Crippen LogP contribution is 2.21. The first-order valence-corrected chi connectivity index (χ1v) is 6.32. The van der Waals surface area contributed by atoms with Crippen molar-refractivity contribution in [3.05, 3.63) is 77.6 Å². The first kappa shape index (κ1) is 11.2. The van der Waals surface area contributed by atoms with Gasteiger partial charge in [-0.05, 0) is 11.5 Å². The lowest BCUT2D eigenvalue weighted by atomic mass is 10.1. The Hall–Kier alpha value is -1.86. The third kappa shape index (κ3) is 2.22. The monoisotopic (exact) mass is 254 g/mol. The number of aromatic nitrogens is 1. The molecule has 18 heavy (non-hydrogen) atoms. The summed E-state index contributed by atoms with van der Waals surface area (Å²) in [6.45, 7) is 0.863. The molecule has 2 aromatic carbocycles. The average molecular weight is 255 g/mol. The van der Waals surface area contributed by atoms with E-state index in [4.69, 9.17) is 11.6 Å². The smallest absolute Gasteiger partial charge is 0.178 e. The fraction of sp³-hybridized carbons (Fsp3) is 0.0625. The van der Waals surface area contributed by atoms with Crippen LogP contribution in [-0.2, 0) is 6.54 Å². The van der Waals surface area contributed by atoms with Gasteiger partial charge in [0.05, 0.1) is 10.4 Å². The first-order valence-electron chi connectivity index (χ1n) is 5.94. The second-order valence-electron chi connectivity index (χ2n) is 4.35. The number of hydrogen-bond acceptors (Lipinski definition) is 0. The van der Waals surface area contributed by atoms with Crippen LogP contribution in [0.1, 0.15) is 5.56 Å². The Kier molecular flexibility index (Phi) is 2.99. The molecule has 3 rings (SSSR count). The Morgan fingerprint density at radius 1 is 0.889 bits per heavy atom. The second-order valence-corrected chi connectivity index (χ2v) is 4.75. The highest BCUT2D eigenvalue weighted by atomic mass is 35.5. The zero-order valence-corrected chi connectivity index (χ0v) is 10.6. The lowest BCUT2D eigenvalue weighted by Gasteiger charge is -2.01. The maximum atomic E-state index is 6.22. The zero-order valence-electron chi connectivity index (χ0n) is 9.88. The van der Waals surface area contributed by atoms with Crippen molar-refractivity contribution in [1.82, 2.24) is 0 Å². The van der Waals surface area contributed by atoms with Gasteiger partial charge in [-0.3, -0.25) is 0 Å². The van der Waals surface area contributed by atoms with E-state index in [-0.39, 0.29) is 0 Å². The van der Waals surface area contributed by atoms with Gasteiger partial charge in [-0.2, -0.15) is 0 Å². The maximum Gasteiger partial charge on any atom is 0.178 e. The molecule has 3 aromatic rings. The Morgan fingerprint density at radius 2 is 1.72 bits per heavy atom. The van der Waals surface area contributed by atoms with Crippen molar-refractivity contribution in [1.29, 1.82) is 0 Å². The lowest BCUT2D eigenvalue weighted by molar-refractivity contribution is -0.687. The zero-order chi connectivity index (χ0) is 12.4. The molecule has 0 atom stereocenters. The molecule has 0 unspecified atom stereocenters. The lowest BCUT2D eigenvalue weighted by Crippen LogP contribution is -2.33. The van der Waals surface area contributed by atoms with Crippen molar-refractivity contribution in [3.8, 4) is 0 Å². The summed E-state index contributed by atoms with van der Waals surface area (Å²) < 4.78 is 2.16. The normalized spacial score (nSPS) is 10.7. The van der Waals surface area contributed by atoms with Crippen LogP contribution in [0.15, 0.2) is 67.0 Å². The number of benzene rings is 2. The topological polar surface area (TPSA) is 3.88 Å². The van der Waals surface area contributed by atoms with Crippen molar-refractivity contribution < 1.29 is 4.57 Å². The molecular weight excluding hydrogens is 242 g/mol. The molecule has 1 nitrogen and oxygen atoms in total. The minimum Gasteiger partial charge on any atom is -0.200 e. The molecule has 0 aliphatic rings. The predicted molar refractivity (Wildman–Crippen MR) is 74.7 cm³/mol. The van der Waals surface area contributed by atoms with Gasteiger partial charge in [0.25, 0.3) is 0 Å². The van der Waals surface area contributed by atoms with Crippen LogP contribution in [0.3, 0.4) is 0 Å². The molecule has 0 N–H and O–H groups in total. The Morgan fingerprint density at radius 3 is 2.56 bits per heavy atom. The third-order valence-corrected chi connectivity index (χ3v) is 3.36. The number of halogens is 1. The molecule has 0 aliphatic carbocycles. The minimum absolute atomic E-state index is 0.801. The molecule has 0 amide bonds. The van der Waals surface area contributed by atoms with Gasteiger partial charge in [-0.25, -0.2) is 4.57 Å². The number of hydrogen-bond donors (Lipinski definition) is 0. The molecule has 0 fully saturated rings. The summed E-state index contributed by atoms with van der Waals surface area (Å²) in [5, 5.41) is 3.07. The van der Waals surface area contributed by atoms with E-state index in [1.165, 1.54) is 10.9 Å². The standard InChI is InChI=1S/C16H13ClN/c17-16-8-4-7-14-9-10-18(12-15(14)16)11-13-5-2-1-3-6-13/h1-10,12H,11H2/q+1. The molecule has 1 aromatic heterocycles. The highest BCUT2D eigenvalue weighted by Gasteiger charge is 2.06. The van der Waals surface area contributed by atoms with Crippen molar-refractivity contribution in [2.24, 2.45) is 0 Å². The van der Waals surface area contributed by atoms with E-state index < -0.39 is 0 Å². The summed E-state index contributed by atoms with van der Waals surface area (Å²) in [6, 6.07) is 18.5. The van der Waals surface area contributed by atoms with Crippen molar-refractivity contribution >= 4 is 22.4 Å². The summed E-state index contributed by atoms with van der Waals surface area (Å²) in [7, 11) is 0. The van der Waals surface area contributed by atoms with Crippen molar-refractivity contribution in [2.45, 2.75) is 6.54 Å². The van der Waals surface area contributed by atoms with Gasteiger partial charge in [0.2, 0.25) is 0 Å². The first-order chi connectivity index (χ1) is 8.83. The van der Waals surface area contributed by atoms with Gasteiger partial charge in [0.15, 0.2) is 18.9 Å². The van der Waals surface area contributed by atoms with Crippen LogP contribution in [0.25, 0.3) is 10.8 Å². The van der Waals surface area contributed by atoms with Gasteiger partial charge < -0.3 is 0 Å². The van der Waals surface area contributed by atoms with Crippen LogP contribution in [0.4, 0.5) is 0 Å². The quantitative estimate of drug-likeness (QED) is 0.612. The van der Waals surface area contributed by atoms with Crippen LogP contribution in [-0.4, -0.2) is 0 Å². The fourth-order valence-electron chi connectivity index (χ4n) is 2.11. The number of pyridine rings is 1. The molecule has 0 saturated carbocycles. The molecule has 0 aliphatic heterocycles. The largest absolute Gasteiger partial charge is 0.200 e. The Bertz CT molecular complexity index is 677. The van der Waals surface area contributed by atoms with Gasteiger partial charge in [-0.1, -0.05) is 54.1 Å². The third-order valence-electron chi connectivity index (χ3n) is 3.04. The molecule has 2 heteroatoms. The second kappa shape index (κ2) is 4.79. The predicted octanol–water partition coefficient (Wildman–Crippen LogP) is 3.83. The van der Waals surface area contributed by atoms with E-state index in [0.29, 0.717) is 0 Å². The van der Waals surface area contributed by atoms with E-state index in [2.05, 4.69) is 53.4 Å². The summed E-state index contributed by atoms with van der Waals surface area (Å²) in [6.07, 6.45) is 4.19. The van der Waals surface area contributed by atoms with Gasteiger partial charge >= 0.3 is 0 Å². The summed E-state index contributed by atoms with van der Waals surface area (Å²) in [5.74, 6) is 0. The summed E-state index contributed by atoms with van der Waals surface area (Å²) >= 11 is 6.22. The van der Waals surface area contributed by atoms with E-state index >= 15 is 0 Å². The average Bonchev–Trinajstić information content (AvgIpc) is 2.41. The van der Waals surface area contributed by atoms with Crippen LogP contribution in [0.5, 0.6) is 0 Å². The van der Waals surface area contributed by atoms with Crippen LogP contribution >= 0.6 is 11.6 Å². The SMILES string of the molecule is Clc1cccc2cc[n+](Cc3ccccc3)cc12. The molecule has 0 bridgehead atoms. The van der Waals surface area contributed by atoms with Gasteiger partial charge in [-0.15, -0.1) is 0 Å². The Labute approximate surface area is 111 Å². The van der Waals surface area contributed by atoms with Gasteiger partial charge in [0.1, 0.15) is 0 Å². The van der Waals surface area contributed by atoms with E-state index in [9.17, 15) is 0 Å². The number of nitrogens with zero attached hydrogens (tertiary/aromatic N) is 1. The highest BCUT2D eigenvalue weighted by molar-refractivity contribution is 6.35.